The lowest BCUT2D eigenvalue weighted by atomic mass is 9.90. The highest BCUT2D eigenvalue weighted by Gasteiger charge is 2.35. The van der Waals surface area contributed by atoms with Gasteiger partial charge in [-0.1, -0.05) is 11.3 Å². The van der Waals surface area contributed by atoms with Crippen molar-refractivity contribution in [1.29, 1.82) is 0 Å². The minimum Gasteiger partial charge on any atom is -0.373 e. The zero-order chi connectivity index (χ0) is 25.9. The van der Waals surface area contributed by atoms with Crippen LogP contribution < -0.4 is 4.90 Å². The summed E-state index contributed by atoms with van der Waals surface area (Å²) < 4.78 is 61.2. The van der Waals surface area contributed by atoms with Gasteiger partial charge in [0.1, 0.15) is 16.3 Å². The van der Waals surface area contributed by atoms with Gasteiger partial charge >= 0.3 is 6.18 Å². The van der Waals surface area contributed by atoms with Crippen molar-refractivity contribution in [3.8, 4) is 11.3 Å². The molecule has 1 aromatic carbocycles. The zero-order valence-corrected chi connectivity index (χ0v) is 21.0. The molecule has 2 atom stereocenters. The molecule has 3 aromatic heterocycles. The molecule has 194 valence electrons. The van der Waals surface area contributed by atoms with E-state index in [0.29, 0.717) is 52.7 Å². The maximum atomic E-state index is 15.1. The van der Waals surface area contributed by atoms with Crippen molar-refractivity contribution >= 4 is 26.8 Å². The van der Waals surface area contributed by atoms with Crippen molar-refractivity contribution in [3.05, 3.63) is 52.9 Å². The van der Waals surface area contributed by atoms with Gasteiger partial charge in [0, 0.05) is 49.9 Å². The Labute approximate surface area is 213 Å². The van der Waals surface area contributed by atoms with E-state index >= 15 is 4.39 Å². The van der Waals surface area contributed by atoms with E-state index in [2.05, 4.69) is 15.2 Å². The zero-order valence-electron chi connectivity index (χ0n) is 20.1. The maximum absolute atomic E-state index is 15.1. The summed E-state index contributed by atoms with van der Waals surface area (Å²) in [7, 11) is 3.66. The molecule has 0 spiro atoms. The summed E-state index contributed by atoms with van der Waals surface area (Å²) in [5, 5.41) is 8.04. The molecule has 0 amide bonds. The van der Waals surface area contributed by atoms with Gasteiger partial charge in [0.05, 0.1) is 23.1 Å². The van der Waals surface area contributed by atoms with Crippen molar-refractivity contribution in [1.82, 2.24) is 25.1 Å². The second-order valence-electron chi connectivity index (χ2n) is 9.75. The van der Waals surface area contributed by atoms with Crippen molar-refractivity contribution in [2.45, 2.75) is 49.8 Å². The number of nitrogens with zero attached hydrogens (tertiary/aromatic N) is 5. The van der Waals surface area contributed by atoms with Crippen LogP contribution in [-0.4, -0.2) is 45.9 Å². The molecule has 7 nitrogen and oxygen atoms in total. The number of benzene rings is 1. The minimum absolute atomic E-state index is 0.00919. The van der Waals surface area contributed by atoms with Crippen LogP contribution in [0.5, 0.6) is 0 Å². The number of H-pyrrole nitrogens is 1. The first-order chi connectivity index (χ1) is 17.7. The number of anilines is 1. The van der Waals surface area contributed by atoms with Gasteiger partial charge in [0.25, 0.3) is 0 Å². The lowest BCUT2D eigenvalue weighted by molar-refractivity contribution is -0.137. The van der Waals surface area contributed by atoms with E-state index in [9.17, 15) is 13.2 Å². The van der Waals surface area contributed by atoms with Gasteiger partial charge in [-0.25, -0.2) is 14.4 Å². The van der Waals surface area contributed by atoms with Crippen molar-refractivity contribution in [3.63, 3.8) is 0 Å². The quantitative estimate of drug-likeness (QED) is 0.308. The number of thiazole rings is 1. The van der Waals surface area contributed by atoms with Crippen LogP contribution in [0.15, 0.2) is 24.4 Å². The minimum atomic E-state index is -4.64. The number of nitrogens with one attached hydrogen (secondary N) is 1. The summed E-state index contributed by atoms with van der Waals surface area (Å²) in [6.07, 6.45) is 0.589. The molecule has 6 rings (SSSR count). The second-order valence-corrected chi connectivity index (χ2v) is 10.7. The van der Waals surface area contributed by atoms with E-state index in [0.717, 1.165) is 36.2 Å². The number of alkyl halides is 3. The van der Waals surface area contributed by atoms with Crippen LogP contribution in [0.4, 0.5) is 22.7 Å². The predicted octanol–water partition coefficient (Wildman–Crippen LogP) is 6.21. The fraction of sp³-hybridized carbons (Fsp3) is 0.440. The Bertz CT molecular complexity index is 1460. The third-order valence-corrected chi connectivity index (χ3v) is 8.07. The molecule has 2 aliphatic rings. The molecule has 12 heteroatoms. The van der Waals surface area contributed by atoms with Crippen LogP contribution in [0, 0.1) is 5.82 Å². The Morgan fingerprint density at radius 2 is 1.89 bits per heavy atom. The summed E-state index contributed by atoms with van der Waals surface area (Å²) in [5.41, 5.74) is 1.69. The van der Waals surface area contributed by atoms with Gasteiger partial charge in [-0.15, -0.1) is 0 Å². The number of halogens is 4. The lowest BCUT2D eigenvalue weighted by Gasteiger charge is -2.29. The first kappa shape index (κ1) is 24.2. The lowest BCUT2D eigenvalue weighted by Crippen LogP contribution is -2.21. The standard InChI is InChI=1S/C25H24F4N6OS/c1-35(2)24-33-23-21(37-24)20(15-6-5-14(10-17(15)26)25(27,28)29)31-22(32-23)13-7-8-36-18(9-13)16-11-30-34-19(16)12-3-4-12/h5-6,10-13,18H,3-4,7-9H2,1-2H3,(H,30,34)/t13-,18+/m0/s1. The van der Waals surface area contributed by atoms with Crippen LogP contribution in [0.1, 0.15) is 66.3 Å². The topological polar surface area (TPSA) is 79.8 Å². The Morgan fingerprint density at radius 1 is 1.08 bits per heavy atom. The molecular weight excluding hydrogens is 508 g/mol. The monoisotopic (exact) mass is 532 g/mol. The number of hydrogen-bond acceptors (Lipinski definition) is 7. The number of ether oxygens (including phenoxy) is 1. The molecule has 0 radical (unpaired) electrons. The average molecular weight is 533 g/mol. The molecule has 37 heavy (non-hydrogen) atoms. The SMILES string of the molecule is CN(C)c1nc2nc([C@H]3CCO[C@@H](c4c[nH]nc4C4CC4)C3)nc(-c3ccc(C(F)(F)F)cc3F)c2s1. The summed E-state index contributed by atoms with van der Waals surface area (Å²) in [5.74, 6) is -0.127. The van der Waals surface area contributed by atoms with E-state index in [1.165, 1.54) is 11.3 Å². The van der Waals surface area contributed by atoms with Crippen LogP contribution >= 0.6 is 11.3 Å². The number of rotatable bonds is 5. The fourth-order valence-corrected chi connectivity index (χ4v) is 5.70. The summed E-state index contributed by atoms with van der Waals surface area (Å²) in [6.45, 7) is 0.496. The maximum Gasteiger partial charge on any atom is 0.416 e. The molecule has 0 bridgehead atoms. The molecule has 4 aromatic rings. The highest BCUT2D eigenvalue weighted by atomic mass is 32.1. The fourth-order valence-electron chi connectivity index (χ4n) is 4.77. The molecule has 1 aliphatic carbocycles. The summed E-state index contributed by atoms with van der Waals surface area (Å²) >= 11 is 1.28. The molecule has 0 unspecified atom stereocenters. The third-order valence-electron chi connectivity index (χ3n) is 6.85. The summed E-state index contributed by atoms with van der Waals surface area (Å²) in [6, 6.07) is 2.53. The van der Waals surface area contributed by atoms with E-state index in [1.807, 2.05) is 25.2 Å². The van der Waals surface area contributed by atoms with Crippen LogP contribution in [0.2, 0.25) is 0 Å². The third kappa shape index (κ3) is 4.56. The van der Waals surface area contributed by atoms with E-state index in [4.69, 9.17) is 14.7 Å². The highest BCUT2D eigenvalue weighted by molar-refractivity contribution is 7.22. The van der Waals surface area contributed by atoms with Gasteiger partial charge in [0.15, 0.2) is 10.8 Å². The predicted molar refractivity (Wildman–Crippen MR) is 131 cm³/mol. The molecule has 1 saturated heterocycles. The van der Waals surface area contributed by atoms with Crippen LogP contribution in [-0.2, 0) is 10.9 Å². The van der Waals surface area contributed by atoms with Crippen molar-refractivity contribution < 1.29 is 22.3 Å². The number of fused-ring (bicyclic) bond motifs is 1. The average Bonchev–Trinajstić information content (AvgIpc) is 3.41. The van der Waals surface area contributed by atoms with Gasteiger partial charge in [-0.3, -0.25) is 5.10 Å². The second kappa shape index (κ2) is 9.02. The van der Waals surface area contributed by atoms with Crippen molar-refractivity contribution in [2.24, 2.45) is 0 Å². The Kier molecular flexibility index (Phi) is 5.90. The number of hydrogen-bond donors (Lipinski definition) is 1. The van der Waals surface area contributed by atoms with E-state index < -0.39 is 17.6 Å². The molecule has 1 saturated carbocycles. The van der Waals surface area contributed by atoms with Crippen molar-refractivity contribution in [2.75, 3.05) is 25.6 Å². The van der Waals surface area contributed by atoms with E-state index in [1.54, 1.807) is 0 Å². The normalized spacial score (nSPS) is 20.5. The largest absolute Gasteiger partial charge is 0.416 e. The smallest absolute Gasteiger partial charge is 0.373 e. The Morgan fingerprint density at radius 3 is 2.59 bits per heavy atom. The van der Waals surface area contributed by atoms with Gasteiger partial charge in [-0.05, 0) is 43.9 Å². The first-order valence-corrected chi connectivity index (χ1v) is 12.9. The number of aromatic amines is 1. The number of aromatic nitrogens is 5. The van der Waals surface area contributed by atoms with Crippen LogP contribution in [0.25, 0.3) is 21.6 Å². The first-order valence-electron chi connectivity index (χ1n) is 12.1. The van der Waals surface area contributed by atoms with Crippen LogP contribution in [0.3, 0.4) is 0 Å². The molecule has 1 aliphatic heterocycles. The molecule has 1 N–H and O–H groups in total. The summed E-state index contributed by atoms with van der Waals surface area (Å²) in [4.78, 5) is 15.9. The molecule has 2 fully saturated rings. The Hall–Kier alpha value is -3.12. The molecule has 4 heterocycles. The van der Waals surface area contributed by atoms with Gasteiger partial charge < -0.3 is 9.64 Å². The Balaban J connectivity index is 1.42. The van der Waals surface area contributed by atoms with Gasteiger partial charge in [-0.2, -0.15) is 23.3 Å². The van der Waals surface area contributed by atoms with Gasteiger partial charge in [0.2, 0.25) is 0 Å². The van der Waals surface area contributed by atoms with E-state index in [-0.39, 0.29) is 23.3 Å². The highest BCUT2D eigenvalue weighted by Crippen LogP contribution is 2.46. The molecular formula is C25H24F4N6OS.